The van der Waals surface area contributed by atoms with Gasteiger partial charge in [-0.3, -0.25) is 19.2 Å². The molecule has 2 aromatic carbocycles. The summed E-state index contributed by atoms with van der Waals surface area (Å²) in [4.78, 5) is 54.0. The summed E-state index contributed by atoms with van der Waals surface area (Å²) in [6.45, 7) is -0.572. The van der Waals surface area contributed by atoms with Crippen LogP contribution in [0.15, 0.2) is 54.6 Å². The van der Waals surface area contributed by atoms with Crippen LogP contribution in [0, 0.1) is 41.3 Å². The molecule has 0 unspecified atom stereocenters. The highest BCUT2D eigenvalue weighted by Crippen LogP contribution is 2.65. The molecular weight excluding hydrogens is 494 g/mol. The number of ketones is 1. The fourth-order valence-corrected chi connectivity index (χ4v) is 6.35. The second kappa shape index (κ2) is 8.00. The number of imide groups is 1. The lowest BCUT2D eigenvalue weighted by Crippen LogP contribution is -2.52. The molecule has 9 heteroatoms. The molecule has 3 amide bonds. The van der Waals surface area contributed by atoms with Gasteiger partial charge in [-0.2, -0.15) is 5.01 Å². The van der Waals surface area contributed by atoms with E-state index in [1.807, 2.05) is 12.2 Å². The zero-order valence-electron chi connectivity index (χ0n) is 18.2. The van der Waals surface area contributed by atoms with E-state index in [9.17, 15) is 23.6 Å². The SMILES string of the molecule is O=C(CN(C(=O)c1ccc(Cl)c(Cl)c1)N1C(=O)[C@@H]2[C@H]3C=C[C@@H]([C@@H]4C[C@H]34)[C@@H]2C1=O)c1ccc(F)cc1. The maximum atomic E-state index is 13.6. The second-order valence-electron chi connectivity index (χ2n) is 9.56. The van der Waals surface area contributed by atoms with Crippen LogP contribution in [-0.4, -0.2) is 40.1 Å². The van der Waals surface area contributed by atoms with Crippen molar-refractivity contribution in [3.05, 3.63) is 81.6 Å². The summed E-state index contributed by atoms with van der Waals surface area (Å²) in [6.07, 6.45) is 5.07. The quantitative estimate of drug-likeness (QED) is 0.337. The van der Waals surface area contributed by atoms with E-state index in [0.717, 1.165) is 28.6 Å². The summed E-state index contributed by atoms with van der Waals surface area (Å²) >= 11 is 12.1. The van der Waals surface area contributed by atoms with Gasteiger partial charge in [0.15, 0.2) is 5.78 Å². The summed E-state index contributed by atoms with van der Waals surface area (Å²) in [7, 11) is 0. The van der Waals surface area contributed by atoms with Gasteiger partial charge in [-0.1, -0.05) is 35.4 Å². The minimum Gasteiger partial charge on any atom is -0.292 e. The van der Waals surface area contributed by atoms with Gasteiger partial charge in [-0.15, -0.1) is 0 Å². The molecule has 1 saturated heterocycles. The van der Waals surface area contributed by atoms with Crippen LogP contribution in [0.1, 0.15) is 27.1 Å². The van der Waals surface area contributed by atoms with Crippen molar-refractivity contribution in [2.24, 2.45) is 35.5 Å². The lowest BCUT2D eigenvalue weighted by molar-refractivity contribution is -0.154. The number of Topliss-reactive ketones (excluding diaryl/α,β-unsaturated/α-hetero) is 1. The van der Waals surface area contributed by atoms with Crippen LogP contribution >= 0.6 is 23.2 Å². The van der Waals surface area contributed by atoms with Crippen molar-refractivity contribution in [2.75, 3.05) is 6.54 Å². The van der Waals surface area contributed by atoms with Crippen molar-refractivity contribution in [1.82, 2.24) is 10.0 Å². The number of allylic oxidation sites excluding steroid dienone is 2. The maximum Gasteiger partial charge on any atom is 0.273 e. The van der Waals surface area contributed by atoms with Gasteiger partial charge in [0.2, 0.25) is 0 Å². The van der Waals surface area contributed by atoms with Crippen LogP contribution in [-0.2, 0) is 9.59 Å². The first kappa shape index (κ1) is 22.4. The smallest absolute Gasteiger partial charge is 0.273 e. The predicted molar refractivity (Wildman–Crippen MR) is 125 cm³/mol. The molecule has 178 valence electrons. The summed E-state index contributed by atoms with van der Waals surface area (Å²) in [6, 6.07) is 9.05. The van der Waals surface area contributed by atoms with Crippen LogP contribution in [0.5, 0.6) is 0 Å². The molecule has 2 saturated carbocycles. The van der Waals surface area contributed by atoms with Gasteiger partial charge in [0.25, 0.3) is 17.7 Å². The lowest BCUT2D eigenvalue weighted by atomic mass is 9.63. The van der Waals surface area contributed by atoms with E-state index in [2.05, 4.69) is 0 Å². The zero-order valence-corrected chi connectivity index (χ0v) is 19.7. The van der Waals surface area contributed by atoms with Gasteiger partial charge in [0.1, 0.15) is 12.4 Å². The number of hydrogen-bond donors (Lipinski definition) is 0. The fourth-order valence-electron chi connectivity index (χ4n) is 6.05. The molecule has 7 rings (SSSR count). The Hall–Kier alpha value is -3.03. The maximum absolute atomic E-state index is 13.6. The summed E-state index contributed by atoms with van der Waals surface area (Å²) in [5, 5.41) is 2.12. The fraction of sp³-hybridized carbons (Fsp3) is 0.308. The molecule has 6 nitrogen and oxygen atoms in total. The van der Waals surface area contributed by atoms with Crippen molar-refractivity contribution in [2.45, 2.75) is 6.42 Å². The molecule has 0 spiro atoms. The Bertz CT molecular complexity index is 1290. The zero-order chi connectivity index (χ0) is 24.6. The summed E-state index contributed by atoms with van der Waals surface area (Å²) in [5.74, 6) is -3.08. The normalized spacial score (nSPS) is 29.7. The number of halogens is 3. The molecule has 0 aromatic heterocycles. The first-order valence-electron chi connectivity index (χ1n) is 11.4. The number of amides is 3. The molecule has 35 heavy (non-hydrogen) atoms. The molecule has 1 heterocycles. The molecular formula is C26H19Cl2FN2O4. The average molecular weight is 513 g/mol. The summed E-state index contributed by atoms with van der Waals surface area (Å²) in [5.41, 5.74) is 0.226. The third-order valence-electron chi connectivity index (χ3n) is 7.74. The van der Waals surface area contributed by atoms with E-state index < -0.39 is 47.7 Å². The third-order valence-corrected chi connectivity index (χ3v) is 8.48. The van der Waals surface area contributed by atoms with Crippen LogP contribution < -0.4 is 0 Å². The van der Waals surface area contributed by atoms with Gasteiger partial charge in [0.05, 0.1) is 21.9 Å². The van der Waals surface area contributed by atoms with E-state index in [-0.39, 0.29) is 33.0 Å². The van der Waals surface area contributed by atoms with E-state index in [1.54, 1.807) is 0 Å². The Morgan fingerprint density at radius 2 is 1.46 bits per heavy atom. The minimum absolute atomic E-state index is 0.0359. The topological polar surface area (TPSA) is 74.8 Å². The Balaban J connectivity index is 1.37. The number of carbonyl (C=O) groups excluding carboxylic acids is 4. The highest BCUT2D eigenvalue weighted by Gasteiger charge is 2.68. The van der Waals surface area contributed by atoms with E-state index in [4.69, 9.17) is 23.2 Å². The molecule has 5 aliphatic rings. The largest absolute Gasteiger partial charge is 0.292 e. The Labute approximate surface area is 210 Å². The number of nitrogens with zero attached hydrogens (tertiary/aromatic N) is 2. The first-order valence-corrected chi connectivity index (χ1v) is 12.1. The molecule has 4 aliphatic carbocycles. The van der Waals surface area contributed by atoms with Crippen LogP contribution in [0.3, 0.4) is 0 Å². The molecule has 2 aromatic rings. The van der Waals surface area contributed by atoms with Gasteiger partial charge in [-0.25, -0.2) is 9.40 Å². The molecule has 0 N–H and O–H groups in total. The standard InChI is InChI=1S/C26H19Cl2FN2O4/c27-19-8-3-13(9-20(19)28)24(33)30(11-21(32)12-1-4-14(29)5-2-12)31-25(34)22-15-6-7-16(18-10-17(15)18)23(22)26(31)35/h1-9,15-18,22-23H,10-11H2/t15-,16-,17-,18+,22-,23+/m0/s1. The highest BCUT2D eigenvalue weighted by atomic mass is 35.5. The number of benzene rings is 2. The van der Waals surface area contributed by atoms with Crippen molar-refractivity contribution >= 4 is 46.7 Å². The van der Waals surface area contributed by atoms with Crippen molar-refractivity contribution in [3.8, 4) is 0 Å². The lowest BCUT2D eigenvalue weighted by Gasteiger charge is -2.37. The first-order chi connectivity index (χ1) is 16.8. The molecule has 6 atom stereocenters. The Kier molecular flexibility index (Phi) is 5.13. The number of carbonyl (C=O) groups is 4. The van der Waals surface area contributed by atoms with Crippen molar-refractivity contribution < 1.29 is 23.6 Å². The van der Waals surface area contributed by atoms with Crippen LogP contribution in [0.4, 0.5) is 4.39 Å². The number of rotatable bonds is 5. The van der Waals surface area contributed by atoms with E-state index in [0.29, 0.717) is 11.8 Å². The Morgan fingerprint density at radius 1 is 0.886 bits per heavy atom. The Morgan fingerprint density at radius 3 is 2.03 bits per heavy atom. The average Bonchev–Trinajstić information content (AvgIpc) is 3.63. The predicted octanol–water partition coefficient (Wildman–Crippen LogP) is 4.43. The summed E-state index contributed by atoms with van der Waals surface area (Å²) < 4.78 is 13.4. The van der Waals surface area contributed by atoms with Crippen molar-refractivity contribution in [1.29, 1.82) is 0 Å². The number of hydrazine groups is 1. The van der Waals surface area contributed by atoms with Gasteiger partial charge < -0.3 is 0 Å². The molecule has 0 radical (unpaired) electrons. The molecule has 2 bridgehead atoms. The highest BCUT2D eigenvalue weighted by molar-refractivity contribution is 6.42. The van der Waals surface area contributed by atoms with Gasteiger partial charge in [0, 0.05) is 11.1 Å². The van der Waals surface area contributed by atoms with Gasteiger partial charge >= 0.3 is 0 Å². The minimum atomic E-state index is -0.732. The van der Waals surface area contributed by atoms with E-state index in [1.165, 1.54) is 30.3 Å². The van der Waals surface area contributed by atoms with Crippen LogP contribution in [0.25, 0.3) is 0 Å². The van der Waals surface area contributed by atoms with Gasteiger partial charge in [-0.05, 0) is 72.6 Å². The van der Waals surface area contributed by atoms with E-state index >= 15 is 0 Å². The van der Waals surface area contributed by atoms with Crippen LogP contribution in [0.2, 0.25) is 10.0 Å². The number of hydrogen-bond acceptors (Lipinski definition) is 4. The molecule has 1 aliphatic heterocycles. The molecule has 3 fully saturated rings. The monoisotopic (exact) mass is 512 g/mol. The van der Waals surface area contributed by atoms with Crippen molar-refractivity contribution in [3.63, 3.8) is 0 Å². The second-order valence-corrected chi connectivity index (χ2v) is 10.4. The third kappa shape index (κ3) is 3.44.